The Bertz CT molecular complexity index is 361. The zero-order chi connectivity index (χ0) is 12.7. The van der Waals surface area contributed by atoms with Crippen molar-refractivity contribution < 1.29 is 8.85 Å². The molecule has 0 amide bonds. The Morgan fingerprint density at radius 3 is 2.59 bits per heavy atom. The Morgan fingerprint density at radius 2 is 1.94 bits per heavy atom. The quantitative estimate of drug-likeness (QED) is 0.688. The van der Waals surface area contributed by atoms with Gasteiger partial charge in [0.2, 0.25) is 0 Å². The average molecular weight is 250 g/mol. The van der Waals surface area contributed by atoms with E-state index in [4.69, 9.17) is 8.85 Å². The predicted octanol–water partition coefficient (Wildman–Crippen LogP) is 3.63. The molecule has 94 valence electrons. The molecule has 1 aromatic rings. The molecule has 0 aromatic heterocycles. The number of rotatable bonds is 7. The summed E-state index contributed by atoms with van der Waals surface area (Å²) in [6, 6.07) is 8.27. The van der Waals surface area contributed by atoms with E-state index in [9.17, 15) is 0 Å². The highest BCUT2D eigenvalue weighted by molar-refractivity contribution is 6.64. The van der Waals surface area contributed by atoms with Crippen LogP contribution in [0.3, 0.4) is 0 Å². The zero-order valence-electron chi connectivity index (χ0n) is 11.0. The molecule has 0 fully saturated rings. The largest absolute Gasteiger partial charge is 0.395 e. The first-order valence-electron chi connectivity index (χ1n) is 6.07. The van der Waals surface area contributed by atoms with Crippen molar-refractivity contribution in [3.8, 4) is 0 Å². The summed E-state index contributed by atoms with van der Waals surface area (Å²) in [5.41, 5.74) is 2.47. The van der Waals surface area contributed by atoms with Crippen LogP contribution in [-0.2, 0) is 15.3 Å². The average Bonchev–Trinajstić information content (AvgIpc) is 2.29. The normalized spacial score (nSPS) is 11.5. The maximum atomic E-state index is 5.86. The van der Waals surface area contributed by atoms with Gasteiger partial charge in [0, 0.05) is 13.2 Å². The summed E-state index contributed by atoms with van der Waals surface area (Å²) >= 11 is 0. The lowest BCUT2D eigenvalue weighted by molar-refractivity contribution is 0.189. The lowest BCUT2D eigenvalue weighted by Gasteiger charge is -2.22. The van der Waals surface area contributed by atoms with Crippen molar-refractivity contribution >= 4 is 14.6 Å². The summed E-state index contributed by atoms with van der Waals surface area (Å²) in [5, 5.41) is 0. The Balaban J connectivity index is 2.48. The van der Waals surface area contributed by atoms with E-state index in [1.807, 2.05) is 25.1 Å². The van der Waals surface area contributed by atoms with Crippen LogP contribution in [0.2, 0.25) is 13.1 Å². The first kappa shape index (κ1) is 14.2. The highest BCUT2D eigenvalue weighted by Crippen LogP contribution is 2.12. The molecule has 0 spiro atoms. The molecule has 0 radical (unpaired) electrons. The second kappa shape index (κ2) is 6.74. The van der Waals surface area contributed by atoms with Gasteiger partial charge in [-0.25, -0.2) is 0 Å². The van der Waals surface area contributed by atoms with E-state index in [0.29, 0.717) is 6.61 Å². The summed E-state index contributed by atoms with van der Waals surface area (Å²) in [5.74, 6) is 0. The third-order valence-corrected chi connectivity index (χ3v) is 4.47. The Labute approximate surface area is 106 Å². The monoisotopic (exact) mass is 250 g/mol. The third-order valence-electron chi connectivity index (χ3n) is 2.59. The lowest BCUT2D eigenvalue weighted by Crippen LogP contribution is -2.35. The Morgan fingerprint density at radius 1 is 1.24 bits per heavy atom. The van der Waals surface area contributed by atoms with Gasteiger partial charge in [-0.3, -0.25) is 0 Å². The number of benzene rings is 1. The van der Waals surface area contributed by atoms with Crippen molar-refractivity contribution in [2.45, 2.75) is 26.4 Å². The summed E-state index contributed by atoms with van der Waals surface area (Å²) < 4.78 is 11.5. The molecule has 2 nitrogen and oxygen atoms in total. The van der Waals surface area contributed by atoms with Crippen LogP contribution in [0, 0.1) is 0 Å². The van der Waals surface area contributed by atoms with Crippen LogP contribution in [0.5, 0.6) is 0 Å². The standard InChI is InChI=1S/C14H22O2Si/c1-5-13-9-7-8-10-14(13)11-12-16-17(3,4)15-6-2/h5,7-10H,1,6,11-12H2,2-4H3. The summed E-state index contributed by atoms with van der Waals surface area (Å²) in [6.45, 7) is 11.4. The highest BCUT2D eigenvalue weighted by Gasteiger charge is 2.23. The maximum Gasteiger partial charge on any atom is 0.331 e. The van der Waals surface area contributed by atoms with Gasteiger partial charge < -0.3 is 8.85 Å². The van der Waals surface area contributed by atoms with Gasteiger partial charge in [0.25, 0.3) is 0 Å². The second-order valence-electron chi connectivity index (χ2n) is 4.33. The summed E-state index contributed by atoms with van der Waals surface area (Å²) in [4.78, 5) is 0. The van der Waals surface area contributed by atoms with Gasteiger partial charge in [-0.05, 0) is 37.6 Å². The number of hydrogen-bond donors (Lipinski definition) is 0. The fraction of sp³-hybridized carbons (Fsp3) is 0.429. The van der Waals surface area contributed by atoms with Crippen LogP contribution in [0.4, 0.5) is 0 Å². The van der Waals surface area contributed by atoms with E-state index in [2.05, 4.69) is 31.8 Å². The van der Waals surface area contributed by atoms with Crippen molar-refractivity contribution in [2.24, 2.45) is 0 Å². The molecule has 0 atom stereocenters. The summed E-state index contributed by atoms with van der Waals surface area (Å²) in [7, 11) is -1.91. The van der Waals surface area contributed by atoms with Crippen molar-refractivity contribution in [2.75, 3.05) is 13.2 Å². The van der Waals surface area contributed by atoms with Crippen molar-refractivity contribution in [3.63, 3.8) is 0 Å². The maximum absolute atomic E-state index is 5.86. The lowest BCUT2D eigenvalue weighted by atomic mass is 10.1. The minimum atomic E-state index is -1.91. The molecule has 0 bridgehead atoms. The molecule has 0 heterocycles. The minimum Gasteiger partial charge on any atom is -0.395 e. The van der Waals surface area contributed by atoms with Crippen LogP contribution in [-0.4, -0.2) is 21.8 Å². The molecule has 1 rings (SSSR count). The second-order valence-corrected chi connectivity index (χ2v) is 7.71. The fourth-order valence-corrected chi connectivity index (χ4v) is 3.13. The molecule has 0 saturated carbocycles. The first-order valence-corrected chi connectivity index (χ1v) is 8.89. The fourth-order valence-electron chi connectivity index (χ4n) is 1.76. The molecular formula is C14H22O2Si. The Kier molecular flexibility index (Phi) is 5.61. The van der Waals surface area contributed by atoms with Gasteiger partial charge >= 0.3 is 8.56 Å². The van der Waals surface area contributed by atoms with Crippen molar-refractivity contribution in [1.29, 1.82) is 0 Å². The predicted molar refractivity (Wildman–Crippen MR) is 75.3 cm³/mol. The zero-order valence-corrected chi connectivity index (χ0v) is 12.0. The van der Waals surface area contributed by atoms with Gasteiger partial charge in [-0.1, -0.05) is 36.9 Å². The van der Waals surface area contributed by atoms with E-state index >= 15 is 0 Å². The smallest absolute Gasteiger partial charge is 0.331 e. The highest BCUT2D eigenvalue weighted by atomic mass is 28.4. The van der Waals surface area contributed by atoms with Gasteiger partial charge in [-0.2, -0.15) is 0 Å². The van der Waals surface area contributed by atoms with E-state index < -0.39 is 8.56 Å². The van der Waals surface area contributed by atoms with E-state index in [0.717, 1.165) is 13.0 Å². The molecule has 0 aliphatic carbocycles. The third kappa shape index (κ3) is 4.85. The molecule has 0 saturated heterocycles. The van der Waals surface area contributed by atoms with E-state index in [-0.39, 0.29) is 0 Å². The van der Waals surface area contributed by atoms with Crippen LogP contribution < -0.4 is 0 Å². The Hall–Kier alpha value is -0.903. The summed E-state index contributed by atoms with van der Waals surface area (Å²) in [6.07, 6.45) is 2.80. The first-order chi connectivity index (χ1) is 8.09. The van der Waals surface area contributed by atoms with Crippen LogP contribution in [0.1, 0.15) is 18.1 Å². The molecule has 0 N–H and O–H groups in total. The van der Waals surface area contributed by atoms with Crippen molar-refractivity contribution in [3.05, 3.63) is 42.0 Å². The van der Waals surface area contributed by atoms with Crippen LogP contribution in [0.15, 0.2) is 30.8 Å². The SMILES string of the molecule is C=Cc1ccccc1CCO[Si](C)(C)OCC. The topological polar surface area (TPSA) is 18.5 Å². The van der Waals surface area contributed by atoms with Gasteiger partial charge in [-0.15, -0.1) is 0 Å². The molecule has 17 heavy (non-hydrogen) atoms. The van der Waals surface area contributed by atoms with Gasteiger partial charge in [0.1, 0.15) is 0 Å². The molecule has 0 unspecified atom stereocenters. The van der Waals surface area contributed by atoms with Crippen molar-refractivity contribution in [1.82, 2.24) is 0 Å². The molecular weight excluding hydrogens is 228 g/mol. The van der Waals surface area contributed by atoms with Crippen LogP contribution >= 0.6 is 0 Å². The van der Waals surface area contributed by atoms with Crippen LogP contribution in [0.25, 0.3) is 6.08 Å². The minimum absolute atomic E-state index is 0.712. The molecule has 1 aromatic carbocycles. The van der Waals surface area contributed by atoms with E-state index in [1.54, 1.807) is 0 Å². The van der Waals surface area contributed by atoms with Gasteiger partial charge in [0.15, 0.2) is 0 Å². The molecule has 0 aliphatic rings. The molecule has 3 heteroatoms. The molecule has 0 aliphatic heterocycles. The van der Waals surface area contributed by atoms with Gasteiger partial charge in [0.05, 0.1) is 0 Å². The van der Waals surface area contributed by atoms with E-state index in [1.165, 1.54) is 11.1 Å². The number of hydrogen-bond acceptors (Lipinski definition) is 2.